The largest absolute Gasteiger partial charge is 0.330 e. The Labute approximate surface area is 182 Å². The molecule has 4 heteroatoms. The molecule has 0 radical (unpaired) electrons. The van der Waals surface area contributed by atoms with Crippen LogP contribution in [-0.4, -0.2) is 10.2 Å². The Kier molecular flexibility index (Phi) is 13.1. The van der Waals surface area contributed by atoms with E-state index in [1.54, 1.807) is 11.3 Å². The zero-order valence-corrected chi connectivity index (χ0v) is 19.1. The van der Waals surface area contributed by atoms with Crippen molar-refractivity contribution in [1.29, 1.82) is 0 Å². The molecule has 160 valence electrons. The maximum absolute atomic E-state index is 4.31. The number of rotatable bonds is 17. The van der Waals surface area contributed by atoms with E-state index in [2.05, 4.69) is 34.6 Å². The SMILES string of the molecule is CCCCCCCC/C=C/CCCCCCCc1nnc(Nc2ccccc2)s1. The minimum atomic E-state index is 0.888. The number of allylic oxidation sites excluding steroid dienone is 2. The van der Waals surface area contributed by atoms with Gasteiger partial charge in [-0.05, 0) is 44.2 Å². The van der Waals surface area contributed by atoms with E-state index in [-0.39, 0.29) is 0 Å². The molecule has 0 saturated heterocycles. The first-order valence-corrected chi connectivity index (χ1v) is 12.5. The van der Waals surface area contributed by atoms with Crippen molar-refractivity contribution in [2.24, 2.45) is 0 Å². The Morgan fingerprint density at radius 1 is 0.759 bits per heavy atom. The van der Waals surface area contributed by atoms with Crippen molar-refractivity contribution in [3.05, 3.63) is 47.5 Å². The van der Waals surface area contributed by atoms with Gasteiger partial charge in [0.25, 0.3) is 0 Å². The molecule has 0 atom stereocenters. The molecule has 0 aliphatic carbocycles. The number of anilines is 2. The third kappa shape index (κ3) is 11.8. The van der Waals surface area contributed by atoms with E-state index in [9.17, 15) is 0 Å². The first-order chi connectivity index (χ1) is 14.4. The van der Waals surface area contributed by atoms with Crippen LogP contribution in [0.5, 0.6) is 0 Å². The summed E-state index contributed by atoms with van der Waals surface area (Å²) in [6.07, 6.45) is 23.3. The van der Waals surface area contributed by atoms with Gasteiger partial charge in [0.2, 0.25) is 5.13 Å². The maximum Gasteiger partial charge on any atom is 0.210 e. The number of aromatic nitrogens is 2. The van der Waals surface area contributed by atoms with Crippen LogP contribution in [0.2, 0.25) is 0 Å². The predicted octanol–water partition coefficient (Wildman–Crippen LogP) is 8.47. The van der Waals surface area contributed by atoms with Gasteiger partial charge >= 0.3 is 0 Å². The second kappa shape index (κ2) is 16.2. The Hall–Kier alpha value is -1.68. The quantitative estimate of drug-likeness (QED) is 0.209. The minimum Gasteiger partial charge on any atom is -0.330 e. The van der Waals surface area contributed by atoms with Gasteiger partial charge in [-0.1, -0.05) is 100.0 Å². The molecule has 1 heterocycles. The van der Waals surface area contributed by atoms with Crippen molar-refractivity contribution in [3.8, 4) is 0 Å². The average Bonchev–Trinajstić information content (AvgIpc) is 3.19. The zero-order chi connectivity index (χ0) is 20.4. The topological polar surface area (TPSA) is 37.8 Å². The molecule has 2 aromatic rings. The third-order valence-electron chi connectivity index (χ3n) is 5.14. The van der Waals surface area contributed by atoms with Crippen molar-refractivity contribution in [3.63, 3.8) is 0 Å². The molecule has 0 fully saturated rings. The van der Waals surface area contributed by atoms with E-state index < -0.39 is 0 Å². The van der Waals surface area contributed by atoms with Crippen molar-refractivity contribution >= 4 is 22.2 Å². The highest BCUT2D eigenvalue weighted by Gasteiger charge is 2.04. The summed E-state index contributed by atoms with van der Waals surface area (Å²) in [7, 11) is 0. The van der Waals surface area contributed by atoms with Crippen LogP contribution < -0.4 is 5.32 Å². The molecule has 3 nitrogen and oxygen atoms in total. The molecule has 0 amide bonds. The summed E-state index contributed by atoms with van der Waals surface area (Å²) in [4.78, 5) is 0. The minimum absolute atomic E-state index is 0.888. The van der Waals surface area contributed by atoms with E-state index >= 15 is 0 Å². The molecular weight excluding hydrogens is 374 g/mol. The lowest BCUT2D eigenvalue weighted by molar-refractivity contribution is 0.608. The molecule has 0 spiro atoms. The number of nitrogens with one attached hydrogen (secondary N) is 1. The zero-order valence-electron chi connectivity index (χ0n) is 18.2. The van der Waals surface area contributed by atoms with Crippen molar-refractivity contribution in [2.75, 3.05) is 5.32 Å². The smallest absolute Gasteiger partial charge is 0.210 e. The molecule has 0 aliphatic heterocycles. The first-order valence-electron chi connectivity index (χ1n) is 11.7. The molecular formula is C25H39N3S. The number of unbranched alkanes of at least 4 members (excludes halogenated alkanes) is 11. The van der Waals surface area contributed by atoms with E-state index in [0.717, 1.165) is 22.2 Å². The molecule has 0 bridgehead atoms. The average molecular weight is 414 g/mol. The Bertz CT molecular complexity index is 651. The molecule has 2 rings (SSSR count). The predicted molar refractivity (Wildman–Crippen MR) is 128 cm³/mol. The van der Waals surface area contributed by atoms with E-state index in [4.69, 9.17) is 0 Å². The summed E-state index contributed by atoms with van der Waals surface area (Å²) in [5.41, 5.74) is 1.07. The Morgan fingerprint density at radius 2 is 1.38 bits per heavy atom. The molecule has 0 saturated carbocycles. The molecule has 29 heavy (non-hydrogen) atoms. The summed E-state index contributed by atoms with van der Waals surface area (Å²) >= 11 is 1.67. The summed E-state index contributed by atoms with van der Waals surface area (Å²) in [5, 5.41) is 13.9. The highest BCUT2D eigenvalue weighted by Crippen LogP contribution is 2.22. The van der Waals surface area contributed by atoms with Gasteiger partial charge in [-0.15, -0.1) is 10.2 Å². The van der Waals surface area contributed by atoms with Gasteiger partial charge in [-0.2, -0.15) is 0 Å². The lowest BCUT2D eigenvalue weighted by atomic mass is 10.1. The number of nitrogens with zero attached hydrogens (tertiary/aromatic N) is 2. The lowest BCUT2D eigenvalue weighted by Gasteiger charge is -2.00. The lowest BCUT2D eigenvalue weighted by Crippen LogP contribution is -1.88. The van der Waals surface area contributed by atoms with Crippen LogP contribution >= 0.6 is 11.3 Å². The summed E-state index contributed by atoms with van der Waals surface area (Å²) in [6.45, 7) is 2.28. The van der Waals surface area contributed by atoms with Gasteiger partial charge in [0.05, 0.1) is 0 Å². The van der Waals surface area contributed by atoms with Gasteiger partial charge < -0.3 is 5.32 Å². The van der Waals surface area contributed by atoms with Crippen LogP contribution in [0.4, 0.5) is 10.8 Å². The van der Waals surface area contributed by atoms with Gasteiger partial charge in [0.1, 0.15) is 5.01 Å². The molecule has 1 N–H and O–H groups in total. The summed E-state index contributed by atoms with van der Waals surface area (Å²) in [5.74, 6) is 0. The summed E-state index contributed by atoms with van der Waals surface area (Å²) < 4.78 is 0. The van der Waals surface area contributed by atoms with E-state index in [0.29, 0.717) is 0 Å². The van der Waals surface area contributed by atoms with Crippen LogP contribution in [0, 0.1) is 0 Å². The third-order valence-corrected chi connectivity index (χ3v) is 6.04. The number of para-hydroxylation sites is 1. The number of hydrogen-bond donors (Lipinski definition) is 1. The van der Waals surface area contributed by atoms with Crippen LogP contribution in [0.1, 0.15) is 95.4 Å². The molecule has 1 aromatic carbocycles. The molecule has 1 aromatic heterocycles. The Balaban J connectivity index is 1.40. The second-order valence-electron chi connectivity index (χ2n) is 7.83. The monoisotopic (exact) mass is 413 g/mol. The fourth-order valence-corrected chi connectivity index (χ4v) is 4.20. The van der Waals surface area contributed by atoms with Crippen LogP contribution in [-0.2, 0) is 6.42 Å². The van der Waals surface area contributed by atoms with Gasteiger partial charge in [0, 0.05) is 12.1 Å². The van der Waals surface area contributed by atoms with Crippen molar-refractivity contribution in [1.82, 2.24) is 10.2 Å². The number of benzene rings is 1. The van der Waals surface area contributed by atoms with E-state index in [1.165, 1.54) is 83.5 Å². The highest BCUT2D eigenvalue weighted by molar-refractivity contribution is 7.15. The van der Waals surface area contributed by atoms with Gasteiger partial charge in [0.15, 0.2) is 0 Å². The normalized spacial score (nSPS) is 11.3. The van der Waals surface area contributed by atoms with E-state index in [1.807, 2.05) is 30.3 Å². The highest BCUT2D eigenvalue weighted by atomic mass is 32.1. The van der Waals surface area contributed by atoms with Crippen LogP contribution in [0.15, 0.2) is 42.5 Å². The maximum atomic E-state index is 4.31. The van der Waals surface area contributed by atoms with Crippen LogP contribution in [0.3, 0.4) is 0 Å². The Morgan fingerprint density at radius 3 is 2.07 bits per heavy atom. The first kappa shape index (κ1) is 23.6. The second-order valence-corrected chi connectivity index (χ2v) is 8.89. The number of aryl methyl sites for hydroxylation is 1. The van der Waals surface area contributed by atoms with Gasteiger partial charge in [-0.3, -0.25) is 0 Å². The van der Waals surface area contributed by atoms with Crippen LogP contribution in [0.25, 0.3) is 0 Å². The number of hydrogen-bond acceptors (Lipinski definition) is 4. The molecule has 0 unspecified atom stereocenters. The fourth-order valence-electron chi connectivity index (χ4n) is 3.40. The fraction of sp³-hybridized carbons (Fsp3) is 0.600. The standard InChI is InChI=1S/C25H39N3S/c1-2-3-4-5-6-7-8-9-10-11-12-13-14-15-19-22-24-27-28-25(29-24)26-23-20-17-16-18-21-23/h9-10,16-18,20-21H,2-8,11-15,19,22H2,1H3,(H,26,28)/b10-9+. The molecule has 0 aliphatic rings. The van der Waals surface area contributed by atoms with Crippen molar-refractivity contribution in [2.45, 2.75) is 96.8 Å². The van der Waals surface area contributed by atoms with Crippen molar-refractivity contribution < 1.29 is 0 Å². The summed E-state index contributed by atoms with van der Waals surface area (Å²) in [6, 6.07) is 10.2. The van der Waals surface area contributed by atoms with Gasteiger partial charge in [-0.25, -0.2) is 0 Å².